The molecule has 1 atom stereocenters. The van der Waals surface area contributed by atoms with E-state index in [4.69, 9.17) is 11.3 Å². The highest BCUT2D eigenvalue weighted by atomic mass is 16.5. The summed E-state index contributed by atoms with van der Waals surface area (Å²) in [5, 5.41) is 14.4. The molecule has 0 saturated carbocycles. The van der Waals surface area contributed by atoms with Crippen molar-refractivity contribution in [3.05, 3.63) is 191 Å². The fraction of sp³-hybridized carbons (Fsp3) is 0.0698. The van der Waals surface area contributed by atoms with Crippen molar-refractivity contribution >= 4 is 44.7 Å². The lowest BCUT2D eigenvalue weighted by Gasteiger charge is -2.36. The van der Waals surface area contributed by atoms with Crippen molar-refractivity contribution in [3.63, 3.8) is 0 Å². The zero-order valence-corrected chi connectivity index (χ0v) is 26.0. The van der Waals surface area contributed by atoms with Crippen molar-refractivity contribution in [1.29, 1.82) is 5.26 Å². The maximum Gasteiger partial charge on any atom is 0.265 e. The van der Waals surface area contributed by atoms with E-state index >= 15 is 0 Å². The lowest BCUT2D eigenvalue weighted by Crippen LogP contribution is -2.29. The Bertz CT molecular complexity index is 2190. The van der Waals surface area contributed by atoms with Gasteiger partial charge in [0.15, 0.2) is 0 Å². The SMILES string of the molecule is [C-]#[N+]C(C#N)=C1C=C(C=Cc2ccc(N(c3ccc4ccccc4c3)c3ccc4ccccc4c3)cc2)OC(C)(c2ccccc2)C1. The molecule has 1 aliphatic heterocycles. The average Bonchev–Trinajstić information content (AvgIpc) is 3.12. The number of nitrogens with zero attached hydrogens (tertiary/aromatic N) is 3. The minimum absolute atomic E-state index is 0.0909. The van der Waals surface area contributed by atoms with Crippen molar-refractivity contribution in [2.24, 2.45) is 0 Å². The van der Waals surface area contributed by atoms with Gasteiger partial charge in [0, 0.05) is 23.5 Å². The second kappa shape index (κ2) is 12.6. The number of nitriles is 1. The third-order valence-electron chi connectivity index (χ3n) is 8.67. The summed E-state index contributed by atoms with van der Waals surface area (Å²) in [4.78, 5) is 5.78. The van der Waals surface area contributed by atoms with E-state index in [0.29, 0.717) is 17.8 Å². The number of ether oxygens (including phenoxy) is 1. The van der Waals surface area contributed by atoms with E-state index in [-0.39, 0.29) is 5.70 Å². The number of hydrogen-bond acceptors (Lipinski definition) is 3. The first-order valence-corrected chi connectivity index (χ1v) is 15.6. The van der Waals surface area contributed by atoms with Gasteiger partial charge in [-0.2, -0.15) is 0 Å². The molecule has 1 unspecified atom stereocenters. The number of fused-ring (bicyclic) bond motifs is 2. The monoisotopic (exact) mass is 605 g/mol. The molecule has 0 spiro atoms. The molecule has 1 heterocycles. The molecule has 0 aromatic heterocycles. The zero-order chi connectivity index (χ0) is 32.2. The van der Waals surface area contributed by atoms with Crippen LogP contribution in [0.2, 0.25) is 0 Å². The van der Waals surface area contributed by atoms with Crippen molar-refractivity contribution < 1.29 is 4.74 Å². The Morgan fingerprint density at radius 3 is 1.85 bits per heavy atom. The predicted octanol–water partition coefficient (Wildman–Crippen LogP) is 11.4. The topological polar surface area (TPSA) is 40.6 Å². The van der Waals surface area contributed by atoms with E-state index in [1.165, 1.54) is 21.5 Å². The number of hydrogen-bond donors (Lipinski definition) is 0. The Balaban J connectivity index is 1.24. The molecular formula is C43H31N3O. The molecule has 0 radical (unpaired) electrons. The number of benzene rings is 6. The molecule has 4 nitrogen and oxygen atoms in total. The van der Waals surface area contributed by atoms with E-state index in [0.717, 1.165) is 28.2 Å². The average molecular weight is 606 g/mol. The van der Waals surface area contributed by atoms with Crippen molar-refractivity contribution in [3.8, 4) is 6.07 Å². The van der Waals surface area contributed by atoms with E-state index in [2.05, 4.69) is 125 Å². The highest BCUT2D eigenvalue weighted by Crippen LogP contribution is 2.41. The molecule has 4 heteroatoms. The largest absolute Gasteiger partial charge is 0.483 e. The van der Waals surface area contributed by atoms with Gasteiger partial charge in [-0.1, -0.05) is 109 Å². The van der Waals surface area contributed by atoms with Crippen LogP contribution in [0.3, 0.4) is 0 Å². The van der Waals surface area contributed by atoms with Gasteiger partial charge in [0.1, 0.15) is 11.4 Å². The smallest absolute Gasteiger partial charge is 0.265 e. The van der Waals surface area contributed by atoms with Crippen LogP contribution in [0, 0.1) is 17.9 Å². The standard InChI is InChI=1S/C43H31N3O/c1-43(37-14-4-3-5-15-37)29-36(42(30-44)45-2)28-41(47-43)25-18-31-16-21-38(22-17-31)46(39-23-19-32-10-6-8-12-34(32)26-39)40-24-20-33-11-7-9-13-35(33)27-40/h3-28H,29H2,1H3. The van der Waals surface area contributed by atoms with Crippen LogP contribution >= 0.6 is 0 Å². The molecule has 0 bridgehead atoms. The Kier molecular flexibility index (Phi) is 7.85. The summed E-state index contributed by atoms with van der Waals surface area (Å²) in [5.41, 5.74) is 5.25. The van der Waals surface area contributed by atoms with Gasteiger partial charge in [-0.3, -0.25) is 0 Å². The van der Waals surface area contributed by atoms with Crippen LogP contribution in [0.25, 0.3) is 32.5 Å². The molecule has 47 heavy (non-hydrogen) atoms. The van der Waals surface area contributed by atoms with E-state index in [1.807, 2.05) is 55.5 Å². The van der Waals surface area contributed by atoms with Gasteiger partial charge >= 0.3 is 0 Å². The molecule has 0 aliphatic carbocycles. The Morgan fingerprint density at radius 2 is 1.28 bits per heavy atom. The lowest BCUT2D eigenvalue weighted by atomic mass is 9.85. The van der Waals surface area contributed by atoms with Crippen LogP contribution in [0.15, 0.2) is 169 Å². The fourth-order valence-corrected chi connectivity index (χ4v) is 6.26. The number of allylic oxidation sites excluding steroid dienone is 3. The molecule has 0 N–H and O–H groups in total. The number of anilines is 3. The minimum atomic E-state index is -0.706. The first-order valence-electron chi connectivity index (χ1n) is 15.6. The van der Waals surface area contributed by atoms with Crippen LogP contribution < -0.4 is 4.90 Å². The van der Waals surface area contributed by atoms with Crippen molar-refractivity contribution in [2.75, 3.05) is 4.90 Å². The normalized spacial score (nSPS) is 17.0. The third kappa shape index (κ3) is 6.01. The molecule has 224 valence electrons. The Labute approximate surface area is 275 Å². The van der Waals surface area contributed by atoms with Crippen molar-refractivity contribution in [1.82, 2.24) is 0 Å². The first kappa shape index (κ1) is 29.4. The minimum Gasteiger partial charge on any atom is -0.483 e. The maximum absolute atomic E-state index is 9.64. The second-order valence-corrected chi connectivity index (χ2v) is 11.8. The molecule has 0 fully saturated rings. The van der Waals surface area contributed by atoms with Crippen LogP contribution in [0.5, 0.6) is 0 Å². The van der Waals surface area contributed by atoms with Gasteiger partial charge in [-0.05, 0) is 93.7 Å². The molecule has 6 aromatic carbocycles. The van der Waals surface area contributed by atoms with Gasteiger partial charge < -0.3 is 9.64 Å². The predicted molar refractivity (Wildman–Crippen MR) is 192 cm³/mol. The summed E-state index contributed by atoms with van der Waals surface area (Å²) in [6.07, 6.45) is 6.17. The number of rotatable bonds is 6. The summed E-state index contributed by atoms with van der Waals surface area (Å²) < 4.78 is 6.52. The molecule has 6 aromatic rings. The van der Waals surface area contributed by atoms with Crippen LogP contribution in [-0.2, 0) is 10.3 Å². The summed E-state index contributed by atoms with van der Waals surface area (Å²) in [6, 6.07) is 50.5. The van der Waals surface area contributed by atoms with Crippen molar-refractivity contribution in [2.45, 2.75) is 18.9 Å². The van der Waals surface area contributed by atoms with E-state index < -0.39 is 5.60 Å². The van der Waals surface area contributed by atoms with E-state index in [1.54, 1.807) is 0 Å². The highest BCUT2D eigenvalue weighted by molar-refractivity contribution is 5.92. The van der Waals surface area contributed by atoms with E-state index in [9.17, 15) is 5.26 Å². The zero-order valence-electron chi connectivity index (χ0n) is 26.0. The van der Waals surface area contributed by atoms with Gasteiger partial charge in [-0.15, -0.1) is 0 Å². The molecule has 0 saturated heterocycles. The van der Waals surface area contributed by atoms with Crippen LogP contribution in [-0.4, -0.2) is 0 Å². The maximum atomic E-state index is 9.64. The molecule has 0 amide bonds. The summed E-state index contributed by atoms with van der Waals surface area (Å²) in [7, 11) is 0. The van der Waals surface area contributed by atoms with Gasteiger partial charge in [0.25, 0.3) is 5.70 Å². The summed E-state index contributed by atoms with van der Waals surface area (Å²) >= 11 is 0. The van der Waals surface area contributed by atoms with Gasteiger partial charge in [0.2, 0.25) is 0 Å². The highest BCUT2D eigenvalue weighted by Gasteiger charge is 2.34. The van der Waals surface area contributed by atoms with Gasteiger partial charge in [-0.25, -0.2) is 10.1 Å². The summed E-state index contributed by atoms with van der Waals surface area (Å²) in [6.45, 7) is 9.55. The molecular weight excluding hydrogens is 574 g/mol. The molecule has 7 rings (SSSR count). The fourth-order valence-electron chi connectivity index (χ4n) is 6.26. The first-order chi connectivity index (χ1) is 23.0. The van der Waals surface area contributed by atoms with Crippen LogP contribution in [0.4, 0.5) is 17.1 Å². The molecule has 1 aliphatic rings. The van der Waals surface area contributed by atoms with Gasteiger partial charge in [0.05, 0.1) is 12.6 Å². The Morgan fingerprint density at radius 1 is 0.723 bits per heavy atom. The third-order valence-corrected chi connectivity index (χ3v) is 8.67. The quantitative estimate of drug-likeness (QED) is 0.140. The van der Waals surface area contributed by atoms with Crippen LogP contribution in [0.1, 0.15) is 24.5 Å². The lowest BCUT2D eigenvalue weighted by molar-refractivity contribution is 0.0143. The second-order valence-electron chi connectivity index (χ2n) is 11.8. The Hall–Kier alpha value is -6.36. The summed E-state index contributed by atoms with van der Waals surface area (Å²) in [5.74, 6) is 0.604.